The molecule has 2 aromatic rings. The Morgan fingerprint density at radius 2 is 1.71 bits per heavy atom. The van der Waals surface area contributed by atoms with E-state index in [1.807, 2.05) is 43.3 Å². The topological polar surface area (TPSA) is 29.5 Å². The zero-order chi connectivity index (χ0) is 15.5. The number of hydrogen-bond donors (Lipinski definition) is 1. The molecule has 2 rings (SSSR count). The molecule has 0 aromatic heterocycles. The lowest BCUT2D eigenvalue weighted by molar-refractivity contribution is 0.108. The van der Waals surface area contributed by atoms with Crippen LogP contribution >= 0.6 is 0 Å². The van der Waals surface area contributed by atoms with E-state index in [4.69, 9.17) is 4.74 Å². The number of aliphatic hydroxyl groups is 1. The molecule has 2 aromatic carbocycles. The molecule has 0 heterocycles. The lowest BCUT2D eigenvalue weighted by atomic mass is 9.86. The quantitative estimate of drug-likeness (QED) is 0.901. The summed E-state index contributed by atoms with van der Waals surface area (Å²) < 4.78 is 5.77. The number of ether oxygens (including phenoxy) is 1. The first-order chi connectivity index (χ1) is 9.88. The summed E-state index contributed by atoms with van der Waals surface area (Å²) in [4.78, 5) is 0. The minimum atomic E-state index is -0.604. The van der Waals surface area contributed by atoms with Gasteiger partial charge in [-0.3, -0.25) is 0 Å². The molecule has 0 radical (unpaired) electrons. The SMILES string of the molecule is Cc1cc(C(C)(C)C)ccc1OCC(O)c1ccccc1. The van der Waals surface area contributed by atoms with E-state index >= 15 is 0 Å². The van der Waals surface area contributed by atoms with Crippen molar-refractivity contribution in [2.24, 2.45) is 0 Å². The van der Waals surface area contributed by atoms with E-state index < -0.39 is 6.10 Å². The van der Waals surface area contributed by atoms with Gasteiger partial charge in [0.2, 0.25) is 0 Å². The van der Waals surface area contributed by atoms with Gasteiger partial charge in [-0.25, -0.2) is 0 Å². The molecule has 0 aliphatic rings. The maximum atomic E-state index is 10.1. The highest BCUT2D eigenvalue weighted by Gasteiger charge is 2.15. The zero-order valence-electron chi connectivity index (χ0n) is 13.3. The van der Waals surface area contributed by atoms with Crippen LogP contribution in [0.25, 0.3) is 0 Å². The van der Waals surface area contributed by atoms with Gasteiger partial charge in [-0.2, -0.15) is 0 Å². The first-order valence-corrected chi connectivity index (χ1v) is 7.35. The highest BCUT2D eigenvalue weighted by Crippen LogP contribution is 2.28. The maximum Gasteiger partial charge on any atom is 0.122 e. The summed E-state index contributed by atoms with van der Waals surface area (Å²) >= 11 is 0. The van der Waals surface area contributed by atoms with Crippen LogP contribution in [0.15, 0.2) is 48.5 Å². The zero-order valence-corrected chi connectivity index (χ0v) is 13.3. The Bertz CT molecular complexity index is 582. The minimum Gasteiger partial charge on any atom is -0.490 e. The van der Waals surface area contributed by atoms with Crippen LogP contribution < -0.4 is 4.74 Å². The first kappa shape index (κ1) is 15.6. The summed E-state index contributed by atoms with van der Waals surface area (Å²) in [6, 6.07) is 15.8. The van der Waals surface area contributed by atoms with E-state index in [9.17, 15) is 5.11 Å². The average Bonchev–Trinajstić information content (AvgIpc) is 2.45. The Labute approximate surface area is 127 Å². The van der Waals surface area contributed by atoms with Gasteiger partial charge in [0, 0.05) is 0 Å². The summed E-state index contributed by atoms with van der Waals surface area (Å²) in [5.74, 6) is 0.831. The molecular formula is C19H24O2. The van der Waals surface area contributed by atoms with Crippen molar-refractivity contribution in [3.63, 3.8) is 0 Å². The van der Waals surface area contributed by atoms with Crippen molar-refractivity contribution in [1.29, 1.82) is 0 Å². The number of aryl methyl sites for hydroxylation is 1. The number of rotatable bonds is 4. The highest BCUT2D eigenvalue weighted by molar-refractivity contribution is 5.38. The average molecular weight is 284 g/mol. The van der Waals surface area contributed by atoms with Crippen LogP contribution in [0.2, 0.25) is 0 Å². The molecule has 0 aliphatic heterocycles. The van der Waals surface area contributed by atoms with Crippen LogP contribution in [0.3, 0.4) is 0 Å². The minimum absolute atomic E-state index is 0.132. The van der Waals surface area contributed by atoms with Gasteiger partial charge in [0.15, 0.2) is 0 Å². The molecule has 2 heteroatoms. The fourth-order valence-electron chi connectivity index (χ4n) is 2.22. The molecule has 1 N–H and O–H groups in total. The van der Waals surface area contributed by atoms with E-state index in [1.54, 1.807) is 0 Å². The van der Waals surface area contributed by atoms with Gasteiger partial charge in [0.05, 0.1) is 0 Å². The lowest BCUT2D eigenvalue weighted by Crippen LogP contribution is -2.13. The Morgan fingerprint density at radius 3 is 2.29 bits per heavy atom. The molecule has 2 nitrogen and oxygen atoms in total. The van der Waals surface area contributed by atoms with E-state index in [2.05, 4.69) is 32.9 Å². The molecule has 0 aliphatic carbocycles. The van der Waals surface area contributed by atoms with E-state index in [0.717, 1.165) is 16.9 Å². The molecule has 112 valence electrons. The second kappa shape index (κ2) is 6.31. The van der Waals surface area contributed by atoms with Crippen LogP contribution in [0.1, 0.15) is 43.6 Å². The molecule has 0 bridgehead atoms. The second-order valence-corrected chi connectivity index (χ2v) is 6.47. The van der Waals surface area contributed by atoms with Gasteiger partial charge in [0.25, 0.3) is 0 Å². The van der Waals surface area contributed by atoms with Gasteiger partial charge in [-0.15, -0.1) is 0 Å². The van der Waals surface area contributed by atoms with E-state index in [-0.39, 0.29) is 12.0 Å². The third-order valence-corrected chi connectivity index (χ3v) is 3.62. The number of hydrogen-bond acceptors (Lipinski definition) is 2. The summed E-state index contributed by atoms with van der Waals surface area (Å²) in [7, 11) is 0. The summed E-state index contributed by atoms with van der Waals surface area (Å²) in [6.45, 7) is 8.89. The molecule has 0 amide bonds. The van der Waals surface area contributed by atoms with Crippen LogP contribution in [0.5, 0.6) is 5.75 Å². The van der Waals surface area contributed by atoms with Crippen molar-refractivity contribution >= 4 is 0 Å². The van der Waals surface area contributed by atoms with Crippen molar-refractivity contribution in [2.45, 2.75) is 39.2 Å². The third-order valence-electron chi connectivity index (χ3n) is 3.62. The Balaban J connectivity index is 2.04. The first-order valence-electron chi connectivity index (χ1n) is 7.35. The van der Waals surface area contributed by atoms with Gasteiger partial charge in [0.1, 0.15) is 18.5 Å². The van der Waals surface area contributed by atoms with Crippen LogP contribution in [-0.4, -0.2) is 11.7 Å². The fourth-order valence-corrected chi connectivity index (χ4v) is 2.22. The maximum absolute atomic E-state index is 10.1. The molecule has 0 saturated heterocycles. The smallest absolute Gasteiger partial charge is 0.122 e. The van der Waals surface area contributed by atoms with Crippen molar-refractivity contribution in [2.75, 3.05) is 6.61 Å². The normalized spacial score (nSPS) is 13.0. The monoisotopic (exact) mass is 284 g/mol. The Hall–Kier alpha value is -1.80. The summed E-state index contributed by atoms with van der Waals surface area (Å²) in [5.41, 5.74) is 3.40. The standard InChI is InChI=1S/C19H24O2/c1-14-12-16(19(2,3)4)10-11-18(14)21-13-17(20)15-8-6-5-7-9-15/h5-12,17,20H,13H2,1-4H3. The van der Waals surface area contributed by atoms with E-state index in [1.165, 1.54) is 5.56 Å². The number of benzene rings is 2. The summed E-state index contributed by atoms with van der Waals surface area (Å²) in [6.07, 6.45) is -0.604. The van der Waals surface area contributed by atoms with Crippen molar-refractivity contribution in [3.8, 4) is 5.75 Å². The third kappa shape index (κ3) is 4.08. The van der Waals surface area contributed by atoms with Crippen molar-refractivity contribution < 1.29 is 9.84 Å². The van der Waals surface area contributed by atoms with E-state index in [0.29, 0.717) is 0 Å². The molecule has 1 unspecified atom stereocenters. The van der Waals surface area contributed by atoms with Crippen molar-refractivity contribution in [3.05, 3.63) is 65.2 Å². The van der Waals surface area contributed by atoms with Crippen molar-refractivity contribution in [1.82, 2.24) is 0 Å². The molecule has 0 fully saturated rings. The van der Waals surface area contributed by atoms with Gasteiger partial charge in [-0.05, 0) is 35.1 Å². The summed E-state index contributed by atoms with van der Waals surface area (Å²) in [5, 5.41) is 10.1. The van der Waals surface area contributed by atoms with Gasteiger partial charge < -0.3 is 9.84 Å². The van der Waals surface area contributed by atoms with Gasteiger partial charge >= 0.3 is 0 Å². The Kier molecular flexibility index (Phi) is 4.69. The molecular weight excluding hydrogens is 260 g/mol. The molecule has 1 atom stereocenters. The van der Waals surface area contributed by atoms with Gasteiger partial charge in [-0.1, -0.05) is 63.2 Å². The van der Waals surface area contributed by atoms with Crippen LogP contribution in [0, 0.1) is 6.92 Å². The largest absolute Gasteiger partial charge is 0.490 e. The van der Waals surface area contributed by atoms with Crippen LogP contribution in [0.4, 0.5) is 0 Å². The Morgan fingerprint density at radius 1 is 1.05 bits per heavy atom. The molecule has 0 saturated carbocycles. The number of aliphatic hydroxyl groups excluding tert-OH is 1. The van der Waals surface area contributed by atoms with Crippen LogP contribution in [-0.2, 0) is 5.41 Å². The fraction of sp³-hybridized carbons (Fsp3) is 0.368. The predicted octanol–water partition coefficient (Wildman–Crippen LogP) is 4.40. The molecule has 0 spiro atoms. The predicted molar refractivity (Wildman–Crippen MR) is 86.8 cm³/mol. The molecule has 21 heavy (non-hydrogen) atoms. The lowest BCUT2D eigenvalue weighted by Gasteiger charge is -2.21. The highest BCUT2D eigenvalue weighted by atomic mass is 16.5. The second-order valence-electron chi connectivity index (χ2n) is 6.47.